The van der Waals surface area contributed by atoms with Crippen LogP contribution in [0.15, 0.2) is 16.2 Å². The first-order chi connectivity index (χ1) is 16.1. The van der Waals surface area contributed by atoms with Crippen LogP contribution in [0, 0.1) is 36.0 Å². The third kappa shape index (κ3) is 5.65. The Balaban J connectivity index is 1.62. The van der Waals surface area contributed by atoms with Gasteiger partial charge < -0.3 is 14.5 Å². The van der Waals surface area contributed by atoms with Crippen LogP contribution in [0.5, 0.6) is 11.6 Å². The molecule has 2 aromatic rings. The van der Waals surface area contributed by atoms with Gasteiger partial charge in [0.1, 0.15) is 14.0 Å². The van der Waals surface area contributed by atoms with Crippen molar-refractivity contribution in [1.82, 2.24) is 9.88 Å². The lowest BCUT2D eigenvalue weighted by atomic mass is 9.94. The van der Waals surface area contributed by atoms with Crippen LogP contribution < -0.4 is 15.0 Å². The van der Waals surface area contributed by atoms with E-state index in [1.54, 1.807) is 6.34 Å². The number of benzene rings is 1. The minimum Gasteiger partial charge on any atom is -0.475 e. The number of halogens is 5. The number of rotatable bonds is 7. The summed E-state index contributed by atoms with van der Waals surface area (Å²) < 4.78 is 73.2. The summed E-state index contributed by atoms with van der Waals surface area (Å²) in [5.74, 6) is -11.5. The van der Waals surface area contributed by atoms with Crippen molar-refractivity contribution in [2.45, 2.75) is 45.6 Å². The van der Waals surface area contributed by atoms with Crippen molar-refractivity contribution in [2.24, 2.45) is 10.1 Å². The van der Waals surface area contributed by atoms with Gasteiger partial charge in [-0.25, -0.2) is 23.1 Å². The summed E-state index contributed by atoms with van der Waals surface area (Å²) >= 11 is 0. The molecule has 0 spiro atoms. The van der Waals surface area contributed by atoms with Crippen LogP contribution in [0.1, 0.15) is 38.3 Å². The minimum absolute atomic E-state index is 0.181. The van der Waals surface area contributed by atoms with E-state index in [0.717, 1.165) is 23.4 Å². The van der Waals surface area contributed by atoms with E-state index in [-0.39, 0.29) is 6.10 Å². The van der Waals surface area contributed by atoms with Crippen molar-refractivity contribution in [3.63, 3.8) is 0 Å². The SMILES string of the molecule is Bc1cc(/N=C/N(C)CC)c(C)nc1OC1CCC(=NOc2c(F)c(F)c(F)c(F)c2F)CC1. The number of aromatic nitrogens is 1. The third-order valence-electron chi connectivity index (χ3n) is 5.45. The average Bonchev–Trinajstić information content (AvgIpc) is 2.83. The summed E-state index contributed by atoms with van der Waals surface area (Å²) in [7, 11) is 3.80. The molecule has 1 aliphatic rings. The first-order valence-corrected chi connectivity index (χ1v) is 10.8. The van der Waals surface area contributed by atoms with E-state index in [2.05, 4.69) is 20.0 Å². The molecule has 12 heteroatoms. The largest absolute Gasteiger partial charge is 0.475 e. The third-order valence-corrected chi connectivity index (χ3v) is 5.45. The highest BCUT2D eigenvalue weighted by molar-refractivity contribution is 6.34. The Morgan fingerprint density at radius 1 is 1.09 bits per heavy atom. The molecule has 0 N–H and O–H groups in total. The van der Waals surface area contributed by atoms with Crippen LogP contribution in [0.4, 0.5) is 27.6 Å². The summed E-state index contributed by atoms with van der Waals surface area (Å²) in [4.78, 5) is 15.5. The highest BCUT2D eigenvalue weighted by Gasteiger charge is 2.28. The first kappa shape index (κ1) is 25.4. The molecule has 1 aliphatic carbocycles. The molecule has 3 rings (SSSR count). The maximum absolute atomic E-state index is 13.7. The van der Waals surface area contributed by atoms with Crippen molar-refractivity contribution in [3.05, 3.63) is 40.8 Å². The topological polar surface area (TPSA) is 59.3 Å². The monoisotopic (exact) mass is 482 g/mol. The molecule has 1 fully saturated rings. The maximum atomic E-state index is 13.7. The Morgan fingerprint density at radius 2 is 1.68 bits per heavy atom. The van der Waals surface area contributed by atoms with Gasteiger partial charge in [0.05, 0.1) is 23.4 Å². The molecule has 6 nitrogen and oxygen atoms in total. The molecule has 0 amide bonds. The highest BCUT2D eigenvalue weighted by Crippen LogP contribution is 2.30. The fraction of sp³-hybridized carbons (Fsp3) is 0.409. The van der Waals surface area contributed by atoms with Crippen molar-refractivity contribution in [2.75, 3.05) is 13.6 Å². The number of hydrogen-bond donors (Lipinski definition) is 0. The number of nitrogens with zero attached hydrogens (tertiary/aromatic N) is 4. The van der Waals surface area contributed by atoms with Gasteiger partial charge in [-0.05, 0) is 51.1 Å². The molecular formula is C22H24BF5N4O2. The van der Waals surface area contributed by atoms with E-state index in [9.17, 15) is 22.0 Å². The fourth-order valence-electron chi connectivity index (χ4n) is 3.23. The van der Waals surface area contributed by atoms with Crippen molar-refractivity contribution >= 4 is 31.0 Å². The number of oxime groups is 1. The van der Waals surface area contributed by atoms with Crippen molar-refractivity contribution < 1.29 is 31.5 Å². The average molecular weight is 482 g/mol. The first-order valence-electron chi connectivity index (χ1n) is 10.8. The van der Waals surface area contributed by atoms with E-state index in [1.807, 2.05) is 39.7 Å². The number of aliphatic imine (C=N–C) groups is 1. The molecule has 0 radical (unpaired) electrons. The molecule has 1 aromatic heterocycles. The minimum atomic E-state index is -2.25. The van der Waals surface area contributed by atoms with Gasteiger partial charge in [0.25, 0.3) is 0 Å². The number of aryl methyl sites for hydroxylation is 1. The summed E-state index contributed by atoms with van der Waals surface area (Å²) in [6, 6.07) is 1.89. The Kier molecular flexibility index (Phi) is 8.11. The summed E-state index contributed by atoms with van der Waals surface area (Å²) in [5.41, 5.74) is 2.71. The van der Waals surface area contributed by atoms with Gasteiger partial charge in [0, 0.05) is 13.6 Å². The Morgan fingerprint density at radius 3 is 2.26 bits per heavy atom. The van der Waals surface area contributed by atoms with Crippen LogP contribution in [-0.2, 0) is 0 Å². The zero-order chi connectivity index (χ0) is 25.0. The fourth-order valence-corrected chi connectivity index (χ4v) is 3.23. The molecule has 34 heavy (non-hydrogen) atoms. The van der Waals surface area contributed by atoms with E-state index < -0.39 is 34.8 Å². The van der Waals surface area contributed by atoms with Crippen molar-refractivity contribution in [1.29, 1.82) is 0 Å². The zero-order valence-corrected chi connectivity index (χ0v) is 19.3. The molecule has 1 aromatic carbocycles. The molecule has 0 aliphatic heterocycles. The number of hydrogen-bond acceptors (Lipinski definition) is 5. The van der Waals surface area contributed by atoms with Crippen LogP contribution in [0.2, 0.25) is 0 Å². The summed E-state index contributed by atoms with van der Waals surface area (Å²) in [6.07, 6.45) is 3.31. The smallest absolute Gasteiger partial charge is 0.235 e. The Hall–Kier alpha value is -3.18. The lowest BCUT2D eigenvalue weighted by Gasteiger charge is -2.24. The second-order valence-corrected chi connectivity index (χ2v) is 8.00. The molecule has 1 heterocycles. The molecular weight excluding hydrogens is 458 g/mol. The molecule has 1 saturated carbocycles. The Bertz CT molecular complexity index is 1090. The lowest BCUT2D eigenvalue weighted by molar-refractivity contribution is 0.171. The number of ether oxygens (including phenoxy) is 1. The van der Waals surface area contributed by atoms with E-state index in [4.69, 9.17) is 4.74 Å². The van der Waals surface area contributed by atoms with Gasteiger partial charge in [-0.15, -0.1) is 0 Å². The number of pyridine rings is 1. The second kappa shape index (κ2) is 10.8. The van der Waals surface area contributed by atoms with Gasteiger partial charge in [-0.1, -0.05) is 5.16 Å². The van der Waals surface area contributed by atoms with Crippen LogP contribution in [0.3, 0.4) is 0 Å². The van der Waals surface area contributed by atoms with Gasteiger partial charge in [-0.3, -0.25) is 0 Å². The van der Waals surface area contributed by atoms with Crippen LogP contribution in [-0.4, -0.2) is 49.5 Å². The molecule has 182 valence electrons. The molecule has 0 unspecified atom stereocenters. The summed E-state index contributed by atoms with van der Waals surface area (Å²) in [6.45, 7) is 4.69. The standard InChI is InChI=1S/C22H24BF5N4O2/c1-4-32(3)10-29-15-9-14(23)22(30-11(15)2)33-13-7-5-12(6-8-13)31-34-21-19(27)17(25)16(24)18(26)20(21)28/h9-10,13H,4-8,23H2,1-3H3/b29-10+,31-12?. The van der Waals surface area contributed by atoms with Gasteiger partial charge in [0.2, 0.25) is 40.7 Å². The second-order valence-electron chi connectivity index (χ2n) is 8.00. The lowest BCUT2D eigenvalue weighted by Crippen LogP contribution is -2.27. The van der Waals surface area contributed by atoms with Crippen molar-refractivity contribution in [3.8, 4) is 11.6 Å². The van der Waals surface area contributed by atoms with E-state index >= 15 is 0 Å². The van der Waals surface area contributed by atoms with Crippen LogP contribution in [0.25, 0.3) is 0 Å². The normalized spacial score (nSPS) is 16.1. The van der Waals surface area contributed by atoms with Gasteiger partial charge >= 0.3 is 0 Å². The molecule has 0 bridgehead atoms. The maximum Gasteiger partial charge on any atom is 0.235 e. The zero-order valence-electron chi connectivity index (χ0n) is 19.3. The predicted molar refractivity (Wildman–Crippen MR) is 121 cm³/mol. The Labute approximate surface area is 194 Å². The van der Waals surface area contributed by atoms with E-state index in [0.29, 0.717) is 37.3 Å². The van der Waals surface area contributed by atoms with Gasteiger partial charge in [0.15, 0.2) is 0 Å². The predicted octanol–water partition coefficient (Wildman–Crippen LogP) is 3.71. The van der Waals surface area contributed by atoms with Gasteiger partial charge in [-0.2, -0.15) is 8.78 Å². The van der Waals surface area contributed by atoms with Crippen LogP contribution >= 0.6 is 0 Å². The van der Waals surface area contributed by atoms with E-state index in [1.165, 1.54) is 0 Å². The highest BCUT2D eigenvalue weighted by atomic mass is 19.2. The summed E-state index contributed by atoms with van der Waals surface area (Å²) in [5, 5.41) is 3.60. The molecule has 0 atom stereocenters. The molecule has 0 saturated heterocycles. The quantitative estimate of drug-likeness (QED) is 0.115.